The summed E-state index contributed by atoms with van der Waals surface area (Å²) in [5, 5.41) is 1.65. The average Bonchev–Trinajstić information content (AvgIpc) is 1.72. The predicted octanol–water partition coefficient (Wildman–Crippen LogP) is 0.356. The molecule has 0 rings (SSSR count). The molecule has 0 aliphatic heterocycles. The van der Waals surface area contributed by atoms with Crippen LogP contribution in [0, 0.1) is 13.8 Å². The van der Waals surface area contributed by atoms with Crippen LogP contribution in [0.1, 0.15) is 0 Å². The highest BCUT2D eigenvalue weighted by Gasteiger charge is 2.04. The van der Waals surface area contributed by atoms with Crippen molar-refractivity contribution in [2.24, 2.45) is 0 Å². The molecule has 0 fully saturated rings. The second kappa shape index (κ2) is 4.09. The molecule has 3 radical (unpaired) electrons. The summed E-state index contributed by atoms with van der Waals surface area (Å²) >= 11 is 0. The van der Waals surface area contributed by atoms with Crippen molar-refractivity contribution in [3.63, 3.8) is 0 Å². The first-order valence-corrected chi connectivity index (χ1v) is 2.22. The molecule has 0 unspecified atom stereocenters. The van der Waals surface area contributed by atoms with Crippen LogP contribution in [0.5, 0.6) is 0 Å². The zero-order chi connectivity index (χ0) is 5.70. The van der Waals surface area contributed by atoms with E-state index in [1.54, 1.807) is 12.2 Å². The fourth-order valence-electron chi connectivity index (χ4n) is 0.294. The third-order valence-electron chi connectivity index (χ3n) is 0.757. The standard InChI is InChI=1S/C5H11NO/c1-4-6(5-2)7-3/h1-2,4-5H2,3H3/q+1. The molecule has 0 amide bonds. The van der Waals surface area contributed by atoms with Crippen molar-refractivity contribution in [2.75, 3.05) is 20.2 Å². The molecule has 0 aromatic carbocycles. The maximum atomic E-state index is 4.76. The number of nitrogens with zero attached hydrogens (tertiary/aromatic N) is 1. The van der Waals surface area contributed by atoms with Gasteiger partial charge in [0, 0.05) is 13.8 Å². The second-order valence-corrected chi connectivity index (χ2v) is 1.11. The predicted molar refractivity (Wildman–Crippen MR) is 29.6 cm³/mol. The number of hydrogen-bond donors (Lipinski definition) is 0. The van der Waals surface area contributed by atoms with E-state index in [0.717, 1.165) is 0 Å². The van der Waals surface area contributed by atoms with Crippen molar-refractivity contribution >= 4 is 0 Å². The lowest BCUT2D eigenvalue weighted by Crippen LogP contribution is -2.27. The quantitative estimate of drug-likeness (QED) is 0.370. The van der Waals surface area contributed by atoms with E-state index in [0.29, 0.717) is 13.1 Å². The third kappa shape index (κ3) is 2.60. The minimum Gasteiger partial charge on any atom is -0.152 e. The highest BCUT2D eigenvalue weighted by molar-refractivity contribution is 4.52. The lowest BCUT2D eigenvalue weighted by Gasteiger charge is -1.98. The maximum Gasteiger partial charge on any atom is 0.160 e. The summed E-state index contributed by atoms with van der Waals surface area (Å²) in [5.41, 5.74) is 0. The normalized spacial score (nSPS) is 10.3. The Hall–Kier alpha value is -0.0800. The van der Waals surface area contributed by atoms with Crippen molar-refractivity contribution in [3.8, 4) is 0 Å². The summed E-state index contributed by atoms with van der Waals surface area (Å²) in [4.78, 5) is 4.76. The highest BCUT2D eigenvalue weighted by atomic mass is 16.7. The zero-order valence-electron chi connectivity index (χ0n) is 4.68. The molecule has 7 heavy (non-hydrogen) atoms. The van der Waals surface area contributed by atoms with Crippen LogP contribution < -0.4 is 5.06 Å². The van der Waals surface area contributed by atoms with Gasteiger partial charge in [-0.3, -0.25) is 0 Å². The molecule has 0 saturated heterocycles. The summed E-state index contributed by atoms with van der Waals surface area (Å²) in [6.45, 7) is 8.48. The van der Waals surface area contributed by atoms with Crippen LogP contribution in [-0.4, -0.2) is 20.2 Å². The summed E-state index contributed by atoms with van der Waals surface area (Å²) < 4.78 is 0. The highest BCUT2D eigenvalue weighted by Crippen LogP contribution is 1.76. The first-order chi connectivity index (χ1) is 3.35. The topological polar surface area (TPSA) is 15.1 Å². The summed E-state index contributed by atoms with van der Waals surface area (Å²) in [7, 11) is 1.61. The van der Waals surface area contributed by atoms with E-state index in [2.05, 4.69) is 13.8 Å². The van der Waals surface area contributed by atoms with Crippen molar-refractivity contribution in [1.82, 2.24) is 5.06 Å². The van der Waals surface area contributed by atoms with E-state index < -0.39 is 0 Å². The lowest BCUT2D eigenvalue weighted by atomic mass is 10.6. The minimum atomic E-state index is 0.653. The molecule has 0 heterocycles. The molecule has 2 nitrogen and oxygen atoms in total. The summed E-state index contributed by atoms with van der Waals surface area (Å²) in [6, 6.07) is 0. The fraction of sp³-hybridized carbons (Fsp3) is 0.600. The Morgan fingerprint density at radius 3 is 1.86 bits per heavy atom. The van der Waals surface area contributed by atoms with E-state index in [1.807, 2.05) is 0 Å². The zero-order valence-corrected chi connectivity index (χ0v) is 4.68. The SMILES string of the molecule is [CH2]C[N+](C[CH2])OC. The smallest absolute Gasteiger partial charge is 0.152 e. The van der Waals surface area contributed by atoms with Crippen LogP contribution >= 0.6 is 0 Å². The molecule has 0 bridgehead atoms. The van der Waals surface area contributed by atoms with Gasteiger partial charge in [0.2, 0.25) is 0 Å². The molecular weight excluding hydrogens is 90.1 g/mol. The third-order valence-corrected chi connectivity index (χ3v) is 0.757. The van der Waals surface area contributed by atoms with Gasteiger partial charge in [0.15, 0.2) is 13.1 Å². The Bertz CT molecular complexity index is 29.6. The average molecular weight is 101 g/mol. The largest absolute Gasteiger partial charge is 0.160 e. The number of hydroxylamine groups is 2. The first-order valence-electron chi connectivity index (χ1n) is 2.22. The Labute approximate surface area is 45.0 Å². The Balaban J connectivity index is 2.99. The van der Waals surface area contributed by atoms with E-state index >= 15 is 0 Å². The number of hydrogen-bond acceptors (Lipinski definition) is 2. The van der Waals surface area contributed by atoms with Gasteiger partial charge in [-0.25, -0.2) is 0 Å². The van der Waals surface area contributed by atoms with Gasteiger partial charge in [0.1, 0.15) is 7.11 Å². The fourth-order valence-corrected chi connectivity index (χ4v) is 0.294. The molecular formula is C5H11NO+. The molecule has 0 aromatic heterocycles. The molecule has 0 aromatic rings. The van der Waals surface area contributed by atoms with Gasteiger partial charge in [0.05, 0.1) is 0 Å². The number of rotatable bonds is 3. The van der Waals surface area contributed by atoms with E-state index in [4.69, 9.17) is 4.84 Å². The van der Waals surface area contributed by atoms with Gasteiger partial charge in [-0.05, 0) is 5.06 Å². The first kappa shape index (κ1) is 6.92. The van der Waals surface area contributed by atoms with Crippen molar-refractivity contribution in [3.05, 3.63) is 13.8 Å². The lowest BCUT2D eigenvalue weighted by molar-refractivity contribution is -0.0193. The van der Waals surface area contributed by atoms with Crippen LogP contribution in [0.2, 0.25) is 0 Å². The van der Waals surface area contributed by atoms with Crippen molar-refractivity contribution in [1.29, 1.82) is 0 Å². The van der Waals surface area contributed by atoms with Crippen LogP contribution in [-0.2, 0) is 4.84 Å². The van der Waals surface area contributed by atoms with Crippen LogP contribution in [0.3, 0.4) is 0 Å². The van der Waals surface area contributed by atoms with Crippen LogP contribution in [0.4, 0.5) is 0 Å². The maximum absolute atomic E-state index is 4.76. The van der Waals surface area contributed by atoms with Gasteiger partial charge in [-0.1, -0.05) is 0 Å². The Morgan fingerprint density at radius 1 is 1.43 bits per heavy atom. The molecule has 2 heteroatoms. The van der Waals surface area contributed by atoms with Gasteiger partial charge in [-0.15, -0.1) is 0 Å². The molecule has 0 spiro atoms. The molecule has 0 saturated carbocycles. The van der Waals surface area contributed by atoms with Gasteiger partial charge >= 0.3 is 0 Å². The minimum absolute atomic E-state index is 0.653. The molecule has 0 aliphatic carbocycles. The molecule has 0 N–H and O–H groups in total. The van der Waals surface area contributed by atoms with Crippen molar-refractivity contribution in [2.45, 2.75) is 0 Å². The monoisotopic (exact) mass is 101 g/mol. The van der Waals surface area contributed by atoms with E-state index in [-0.39, 0.29) is 0 Å². The van der Waals surface area contributed by atoms with Crippen LogP contribution in [0.15, 0.2) is 0 Å². The van der Waals surface area contributed by atoms with Gasteiger partial charge in [-0.2, -0.15) is 4.84 Å². The Kier molecular flexibility index (Phi) is 4.04. The Morgan fingerprint density at radius 2 is 1.86 bits per heavy atom. The van der Waals surface area contributed by atoms with E-state index in [9.17, 15) is 0 Å². The molecule has 41 valence electrons. The molecule has 0 aliphatic rings. The summed E-state index contributed by atoms with van der Waals surface area (Å²) in [5.74, 6) is 0. The van der Waals surface area contributed by atoms with Gasteiger partial charge in [0.25, 0.3) is 0 Å². The van der Waals surface area contributed by atoms with Crippen molar-refractivity contribution < 1.29 is 4.84 Å². The summed E-state index contributed by atoms with van der Waals surface area (Å²) in [6.07, 6.45) is 0. The van der Waals surface area contributed by atoms with Gasteiger partial charge < -0.3 is 0 Å². The molecule has 0 atom stereocenters. The van der Waals surface area contributed by atoms with E-state index in [1.165, 1.54) is 0 Å². The second-order valence-electron chi connectivity index (χ2n) is 1.11. The van der Waals surface area contributed by atoms with Crippen LogP contribution in [0.25, 0.3) is 0 Å².